The Labute approximate surface area is 69.1 Å². The first-order valence-corrected chi connectivity index (χ1v) is 3.48. The third kappa shape index (κ3) is 1.45. The van der Waals surface area contributed by atoms with Crippen LogP contribution in [0.5, 0.6) is 0 Å². The van der Waals surface area contributed by atoms with E-state index in [9.17, 15) is 0 Å². The van der Waals surface area contributed by atoms with Crippen LogP contribution in [0.1, 0.15) is 5.56 Å². The fourth-order valence-electron chi connectivity index (χ4n) is 0.885. The van der Waals surface area contributed by atoms with Crippen molar-refractivity contribution in [3.8, 4) is 0 Å². The summed E-state index contributed by atoms with van der Waals surface area (Å²) in [5.41, 5.74) is 1.05. The first-order chi connectivity index (χ1) is 5.95. The maximum atomic E-state index is 3.97. The van der Waals surface area contributed by atoms with E-state index in [0.29, 0.717) is 6.54 Å². The molecule has 0 unspecified atom stereocenters. The number of pyridine rings is 1. The molecule has 0 aliphatic rings. The van der Waals surface area contributed by atoms with Gasteiger partial charge in [0.1, 0.15) is 0 Å². The molecule has 0 amide bonds. The fraction of sp³-hybridized carbons (Fsp3) is 0.143. The van der Waals surface area contributed by atoms with Crippen LogP contribution in [0.15, 0.2) is 24.5 Å². The molecule has 2 heterocycles. The van der Waals surface area contributed by atoms with E-state index in [1.807, 2.05) is 12.1 Å². The lowest BCUT2D eigenvalue weighted by molar-refractivity contribution is 0.571. The molecule has 0 fully saturated rings. The van der Waals surface area contributed by atoms with Crippen LogP contribution in [0.4, 0.5) is 0 Å². The largest absolute Gasteiger partial charge is 0.264 e. The standard InChI is InChI=1S/C7H6N5/c1-2-7(4-8-3-1)5-12-10-6-9-11-12/h1-4H,5H2. The summed E-state index contributed by atoms with van der Waals surface area (Å²) in [5, 5.41) is 10.9. The molecule has 2 aromatic rings. The molecule has 0 bridgehead atoms. The summed E-state index contributed by atoms with van der Waals surface area (Å²) in [6, 6.07) is 3.83. The average molecular weight is 160 g/mol. The summed E-state index contributed by atoms with van der Waals surface area (Å²) in [5.74, 6) is 0. The number of tetrazole rings is 1. The zero-order chi connectivity index (χ0) is 8.23. The van der Waals surface area contributed by atoms with Gasteiger partial charge >= 0.3 is 0 Å². The van der Waals surface area contributed by atoms with Crippen molar-refractivity contribution in [1.29, 1.82) is 0 Å². The van der Waals surface area contributed by atoms with Crippen molar-refractivity contribution in [3.05, 3.63) is 36.4 Å². The number of rotatable bonds is 2. The second kappa shape index (κ2) is 3.08. The summed E-state index contributed by atoms with van der Waals surface area (Å²) >= 11 is 0. The smallest absolute Gasteiger partial charge is 0.245 e. The van der Waals surface area contributed by atoms with Gasteiger partial charge in [-0.2, -0.15) is 4.80 Å². The van der Waals surface area contributed by atoms with Gasteiger partial charge in [0.2, 0.25) is 6.33 Å². The van der Waals surface area contributed by atoms with E-state index in [0.717, 1.165) is 5.56 Å². The van der Waals surface area contributed by atoms with Crippen LogP contribution in [-0.4, -0.2) is 25.2 Å². The normalized spacial score (nSPS) is 10.0. The summed E-state index contributed by atoms with van der Waals surface area (Å²) in [6.45, 7) is 0.588. The third-order valence-electron chi connectivity index (χ3n) is 1.40. The van der Waals surface area contributed by atoms with Gasteiger partial charge < -0.3 is 0 Å². The highest BCUT2D eigenvalue weighted by Gasteiger charge is 1.94. The minimum atomic E-state index is 0.588. The highest BCUT2D eigenvalue weighted by molar-refractivity contribution is 5.07. The summed E-state index contributed by atoms with van der Waals surface area (Å²) in [6.07, 6.45) is 5.88. The number of aromatic nitrogens is 5. The van der Waals surface area contributed by atoms with Gasteiger partial charge in [0, 0.05) is 12.4 Å². The Bertz CT molecular complexity index is 328. The molecule has 1 radical (unpaired) electrons. The van der Waals surface area contributed by atoms with Crippen molar-refractivity contribution >= 4 is 0 Å². The van der Waals surface area contributed by atoms with Crippen molar-refractivity contribution in [3.63, 3.8) is 0 Å². The SMILES string of the molecule is [c]1nnn(Cc2cccnc2)n1. The van der Waals surface area contributed by atoms with Crippen molar-refractivity contribution in [2.45, 2.75) is 6.54 Å². The Morgan fingerprint density at radius 3 is 3.17 bits per heavy atom. The quantitative estimate of drug-likeness (QED) is 0.616. The van der Waals surface area contributed by atoms with Crippen LogP contribution < -0.4 is 0 Å². The molecule has 5 heteroatoms. The Morgan fingerprint density at radius 1 is 1.50 bits per heavy atom. The molecule has 0 atom stereocenters. The van der Waals surface area contributed by atoms with Gasteiger partial charge in [-0.1, -0.05) is 6.07 Å². The van der Waals surface area contributed by atoms with E-state index >= 15 is 0 Å². The molecule has 59 valence electrons. The van der Waals surface area contributed by atoms with E-state index < -0.39 is 0 Å². The lowest BCUT2D eigenvalue weighted by atomic mass is 10.3. The highest BCUT2D eigenvalue weighted by Crippen LogP contribution is 1.95. The van der Waals surface area contributed by atoms with Crippen LogP contribution in [0.3, 0.4) is 0 Å². The van der Waals surface area contributed by atoms with Crippen molar-refractivity contribution in [2.75, 3.05) is 0 Å². The summed E-state index contributed by atoms with van der Waals surface area (Å²) in [4.78, 5) is 5.42. The number of hydrogen-bond acceptors (Lipinski definition) is 4. The molecule has 12 heavy (non-hydrogen) atoms. The topological polar surface area (TPSA) is 56.5 Å². The molecular weight excluding hydrogens is 154 g/mol. The zero-order valence-electron chi connectivity index (χ0n) is 6.25. The van der Waals surface area contributed by atoms with Crippen LogP contribution in [0, 0.1) is 6.33 Å². The molecule has 0 saturated heterocycles. The molecule has 0 aliphatic carbocycles. The van der Waals surface area contributed by atoms with E-state index in [2.05, 4.69) is 26.7 Å². The average Bonchev–Trinajstić information content (AvgIpc) is 2.59. The van der Waals surface area contributed by atoms with Crippen LogP contribution in [0.2, 0.25) is 0 Å². The van der Waals surface area contributed by atoms with E-state index in [-0.39, 0.29) is 0 Å². The monoisotopic (exact) mass is 160 g/mol. The van der Waals surface area contributed by atoms with E-state index in [1.165, 1.54) is 4.80 Å². The molecule has 0 spiro atoms. The van der Waals surface area contributed by atoms with E-state index in [4.69, 9.17) is 0 Å². The summed E-state index contributed by atoms with van der Waals surface area (Å²) < 4.78 is 0. The second-order valence-corrected chi connectivity index (χ2v) is 2.28. The molecule has 0 N–H and O–H groups in total. The first kappa shape index (κ1) is 6.90. The molecule has 0 aliphatic heterocycles. The number of nitrogens with zero attached hydrogens (tertiary/aromatic N) is 5. The van der Waals surface area contributed by atoms with Crippen molar-refractivity contribution < 1.29 is 0 Å². The maximum absolute atomic E-state index is 3.97. The Kier molecular flexibility index (Phi) is 1.77. The summed E-state index contributed by atoms with van der Waals surface area (Å²) in [7, 11) is 0. The third-order valence-corrected chi connectivity index (χ3v) is 1.40. The van der Waals surface area contributed by atoms with Crippen molar-refractivity contribution in [1.82, 2.24) is 25.2 Å². The lowest BCUT2D eigenvalue weighted by Gasteiger charge is -1.96. The van der Waals surface area contributed by atoms with Gasteiger partial charge in [-0.3, -0.25) is 4.98 Å². The van der Waals surface area contributed by atoms with Gasteiger partial charge in [-0.05, 0) is 16.8 Å². The Balaban J connectivity index is 2.15. The van der Waals surface area contributed by atoms with Gasteiger partial charge in [-0.25, -0.2) is 0 Å². The molecule has 0 saturated carbocycles. The predicted molar refractivity (Wildman–Crippen MR) is 40.0 cm³/mol. The van der Waals surface area contributed by atoms with Crippen molar-refractivity contribution in [2.24, 2.45) is 0 Å². The second-order valence-electron chi connectivity index (χ2n) is 2.28. The van der Waals surface area contributed by atoms with E-state index in [1.54, 1.807) is 12.4 Å². The molecule has 0 aromatic carbocycles. The van der Waals surface area contributed by atoms with Gasteiger partial charge in [0.05, 0.1) is 6.54 Å². The van der Waals surface area contributed by atoms with Crippen LogP contribution >= 0.6 is 0 Å². The Morgan fingerprint density at radius 2 is 2.50 bits per heavy atom. The minimum absolute atomic E-state index is 0.588. The van der Waals surface area contributed by atoms with Gasteiger partial charge in [-0.15, -0.1) is 10.2 Å². The minimum Gasteiger partial charge on any atom is -0.264 e. The van der Waals surface area contributed by atoms with Crippen LogP contribution in [0.25, 0.3) is 0 Å². The van der Waals surface area contributed by atoms with Gasteiger partial charge in [0.25, 0.3) is 0 Å². The number of hydrogen-bond donors (Lipinski definition) is 0. The molecule has 5 nitrogen and oxygen atoms in total. The first-order valence-electron chi connectivity index (χ1n) is 3.48. The lowest BCUT2D eigenvalue weighted by Crippen LogP contribution is -2.03. The fourth-order valence-corrected chi connectivity index (χ4v) is 0.885. The maximum Gasteiger partial charge on any atom is 0.245 e. The zero-order valence-corrected chi connectivity index (χ0v) is 6.25. The molecular formula is C7H6N5. The molecule has 2 aromatic heterocycles. The highest BCUT2D eigenvalue weighted by atomic mass is 15.6. The Hall–Kier alpha value is -1.78. The van der Waals surface area contributed by atoms with Gasteiger partial charge in [0.15, 0.2) is 0 Å². The molecule has 2 rings (SSSR count). The van der Waals surface area contributed by atoms with Crippen LogP contribution in [-0.2, 0) is 6.54 Å². The predicted octanol–water partition coefficient (Wildman–Crippen LogP) is -0.0834.